The normalized spacial score (nSPS) is 19.9. The van der Waals surface area contributed by atoms with Crippen LogP contribution < -0.4 is 15.2 Å². The van der Waals surface area contributed by atoms with Crippen molar-refractivity contribution in [1.29, 1.82) is 0 Å². The van der Waals surface area contributed by atoms with Crippen LogP contribution in [0.2, 0.25) is 10.0 Å². The first-order chi connectivity index (χ1) is 13.1. The topological polar surface area (TPSA) is 50.3 Å². The number of amides is 1. The summed E-state index contributed by atoms with van der Waals surface area (Å²) in [4.78, 5) is 14.9. The minimum absolute atomic E-state index is 0.0589. The molecular weight excluding hydrogens is 383 g/mol. The quantitative estimate of drug-likeness (QED) is 0.472. The highest BCUT2D eigenvalue weighted by molar-refractivity contribution is 6.30. The van der Waals surface area contributed by atoms with Gasteiger partial charge in [-0.15, -0.1) is 0 Å². The van der Waals surface area contributed by atoms with Gasteiger partial charge in [0.05, 0.1) is 6.21 Å². The van der Waals surface area contributed by atoms with E-state index in [1.807, 2.05) is 24.3 Å². The number of quaternary nitrogens is 2. The molecule has 142 valence electrons. The molecule has 0 unspecified atom stereocenters. The number of hydrogen-bond acceptors (Lipinski definition) is 2. The van der Waals surface area contributed by atoms with Crippen LogP contribution in [0.1, 0.15) is 11.1 Å². The van der Waals surface area contributed by atoms with Crippen molar-refractivity contribution >= 4 is 35.3 Å². The average Bonchev–Trinajstić information content (AvgIpc) is 2.67. The number of halogens is 2. The number of piperazine rings is 1. The number of hydrazone groups is 1. The lowest BCUT2D eigenvalue weighted by Crippen LogP contribution is -3.28. The highest BCUT2D eigenvalue weighted by atomic mass is 35.5. The Morgan fingerprint density at radius 2 is 1.48 bits per heavy atom. The molecule has 0 radical (unpaired) electrons. The van der Waals surface area contributed by atoms with Crippen molar-refractivity contribution in [1.82, 2.24) is 5.43 Å². The fourth-order valence-electron chi connectivity index (χ4n) is 3.20. The van der Waals surface area contributed by atoms with Gasteiger partial charge in [0.15, 0.2) is 6.54 Å². The Morgan fingerprint density at radius 3 is 2.11 bits per heavy atom. The molecule has 27 heavy (non-hydrogen) atoms. The van der Waals surface area contributed by atoms with Crippen LogP contribution in [0.4, 0.5) is 0 Å². The third kappa shape index (κ3) is 6.63. The number of carbonyl (C=O) groups is 1. The van der Waals surface area contributed by atoms with Gasteiger partial charge in [-0.1, -0.05) is 47.5 Å². The van der Waals surface area contributed by atoms with Crippen molar-refractivity contribution in [2.75, 3.05) is 32.7 Å². The van der Waals surface area contributed by atoms with Crippen LogP contribution in [0.3, 0.4) is 0 Å². The molecule has 5 nitrogen and oxygen atoms in total. The van der Waals surface area contributed by atoms with E-state index in [2.05, 4.69) is 22.7 Å². The maximum atomic E-state index is 12.1. The highest BCUT2D eigenvalue weighted by Crippen LogP contribution is 2.08. The second kappa shape index (κ2) is 9.85. The van der Waals surface area contributed by atoms with Gasteiger partial charge in [0, 0.05) is 15.6 Å². The van der Waals surface area contributed by atoms with Crippen molar-refractivity contribution in [3.05, 3.63) is 69.7 Å². The summed E-state index contributed by atoms with van der Waals surface area (Å²) >= 11 is 11.8. The Balaban J connectivity index is 1.37. The van der Waals surface area contributed by atoms with E-state index in [0.29, 0.717) is 11.6 Å². The Kier molecular flexibility index (Phi) is 7.24. The second-order valence-electron chi connectivity index (χ2n) is 6.82. The van der Waals surface area contributed by atoms with Crippen molar-refractivity contribution < 1.29 is 14.6 Å². The van der Waals surface area contributed by atoms with Gasteiger partial charge in [-0.2, -0.15) is 5.10 Å². The van der Waals surface area contributed by atoms with Gasteiger partial charge in [0.1, 0.15) is 32.7 Å². The Morgan fingerprint density at radius 1 is 0.926 bits per heavy atom. The number of carbonyl (C=O) groups excluding carboxylic acids is 1. The molecule has 1 aliphatic rings. The number of benzene rings is 2. The Bertz CT molecular complexity index is 770. The zero-order valence-corrected chi connectivity index (χ0v) is 16.6. The summed E-state index contributed by atoms with van der Waals surface area (Å²) in [7, 11) is 0. The molecule has 7 heteroatoms. The molecule has 0 bridgehead atoms. The number of nitrogens with one attached hydrogen (secondary N) is 3. The summed E-state index contributed by atoms with van der Waals surface area (Å²) in [5.41, 5.74) is 4.80. The molecular formula is C20H24Cl2N4O+2. The van der Waals surface area contributed by atoms with E-state index in [9.17, 15) is 4.79 Å². The van der Waals surface area contributed by atoms with E-state index in [1.165, 1.54) is 10.5 Å². The lowest BCUT2D eigenvalue weighted by molar-refractivity contribution is -1.02. The van der Waals surface area contributed by atoms with Gasteiger partial charge in [0.2, 0.25) is 0 Å². The minimum atomic E-state index is -0.0589. The van der Waals surface area contributed by atoms with Crippen LogP contribution in [-0.4, -0.2) is 44.8 Å². The summed E-state index contributed by atoms with van der Waals surface area (Å²) in [6.07, 6.45) is 1.62. The molecule has 1 fully saturated rings. The predicted octanol–water partition coefficient (Wildman–Crippen LogP) is 0.427. The van der Waals surface area contributed by atoms with Gasteiger partial charge >= 0.3 is 0 Å². The van der Waals surface area contributed by atoms with Crippen LogP contribution in [0.25, 0.3) is 0 Å². The van der Waals surface area contributed by atoms with Crippen LogP contribution in [0, 0.1) is 0 Å². The maximum Gasteiger partial charge on any atom is 0.295 e. The largest absolute Gasteiger partial charge is 0.322 e. The van der Waals surface area contributed by atoms with Crippen LogP contribution in [0.15, 0.2) is 53.6 Å². The monoisotopic (exact) mass is 406 g/mol. The summed E-state index contributed by atoms with van der Waals surface area (Å²) in [6, 6.07) is 15.3. The van der Waals surface area contributed by atoms with Crippen molar-refractivity contribution in [3.8, 4) is 0 Å². The molecule has 0 spiro atoms. The molecule has 0 aliphatic carbocycles. The van der Waals surface area contributed by atoms with E-state index in [4.69, 9.17) is 23.2 Å². The number of nitrogens with zero attached hydrogens (tertiary/aromatic N) is 1. The third-order valence-electron chi connectivity index (χ3n) is 4.72. The Hall–Kier alpha value is -1.92. The summed E-state index contributed by atoms with van der Waals surface area (Å²) < 4.78 is 0. The van der Waals surface area contributed by atoms with E-state index < -0.39 is 0 Å². The molecule has 1 heterocycles. The molecule has 0 saturated carbocycles. The van der Waals surface area contributed by atoms with E-state index in [-0.39, 0.29) is 5.91 Å². The summed E-state index contributed by atoms with van der Waals surface area (Å²) in [5.74, 6) is -0.0589. The first-order valence-corrected chi connectivity index (χ1v) is 9.83. The summed E-state index contributed by atoms with van der Waals surface area (Å²) in [6.45, 7) is 5.53. The third-order valence-corrected chi connectivity index (χ3v) is 5.22. The molecule has 1 amide bonds. The van der Waals surface area contributed by atoms with Crippen molar-refractivity contribution in [3.63, 3.8) is 0 Å². The van der Waals surface area contributed by atoms with Crippen LogP contribution in [0.5, 0.6) is 0 Å². The second-order valence-corrected chi connectivity index (χ2v) is 7.70. The maximum absolute atomic E-state index is 12.1. The summed E-state index contributed by atoms with van der Waals surface area (Å²) in [5, 5.41) is 5.47. The fraction of sp³-hybridized carbons (Fsp3) is 0.300. The smallest absolute Gasteiger partial charge is 0.295 e. The van der Waals surface area contributed by atoms with Gasteiger partial charge in [0.25, 0.3) is 5.91 Å². The first-order valence-electron chi connectivity index (χ1n) is 9.07. The lowest BCUT2D eigenvalue weighted by atomic mass is 10.2. The molecule has 2 aromatic carbocycles. The van der Waals surface area contributed by atoms with E-state index in [0.717, 1.165) is 43.3 Å². The predicted molar refractivity (Wildman–Crippen MR) is 109 cm³/mol. The molecule has 0 atom stereocenters. The standard InChI is InChI=1S/C20H22Cl2N4O/c21-18-5-1-16(2-6-18)13-23-24-20(27)15-26-11-9-25(10-12-26)14-17-3-7-19(22)8-4-17/h1-8,13H,9-12,14-15H2,(H,24,27)/p+2/b23-13-. The van der Waals surface area contributed by atoms with E-state index in [1.54, 1.807) is 23.2 Å². The van der Waals surface area contributed by atoms with Crippen molar-refractivity contribution in [2.24, 2.45) is 5.10 Å². The fourth-order valence-corrected chi connectivity index (χ4v) is 3.45. The molecule has 0 aromatic heterocycles. The van der Waals surface area contributed by atoms with Gasteiger partial charge in [-0.3, -0.25) is 4.79 Å². The molecule has 3 rings (SSSR count). The average molecular weight is 407 g/mol. The first kappa shape index (κ1) is 19.8. The van der Waals surface area contributed by atoms with E-state index >= 15 is 0 Å². The number of rotatable bonds is 6. The molecule has 3 N–H and O–H groups in total. The SMILES string of the molecule is O=C(C[NH+]1CC[NH+](Cc2ccc(Cl)cc2)CC1)N/N=C\c1ccc(Cl)cc1. The van der Waals surface area contributed by atoms with Gasteiger partial charge in [-0.05, 0) is 29.8 Å². The van der Waals surface area contributed by atoms with Gasteiger partial charge < -0.3 is 9.80 Å². The van der Waals surface area contributed by atoms with Crippen LogP contribution >= 0.6 is 23.2 Å². The lowest BCUT2D eigenvalue weighted by Gasteiger charge is -2.29. The molecule has 2 aromatic rings. The Labute approximate surface area is 169 Å². The number of hydrogen-bond donors (Lipinski definition) is 3. The minimum Gasteiger partial charge on any atom is -0.322 e. The van der Waals surface area contributed by atoms with Crippen LogP contribution in [-0.2, 0) is 11.3 Å². The zero-order chi connectivity index (χ0) is 19.1. The van der Waals surface area contributed by atoms with Crippen molar-refractivity contribution in [2.45, 2.75) is 6.54 Å². The molecule has 1 aliphatic heterocycles. The molecule has 1 saturated heterocycles. The highest BCUT2D eigenvalue weighted by Gasteiger charge is 2.24. The van der Waals surface area contributed by atoms with Gasteiger partial charge in [-0.25, -0.2) is 5.43 Å². The zero-order valence-electron chi connectivity index (χ0n) is 15.1.